The van der Waals surface area contributed by atoms with Crippen LogP contribution in [0.25, 0.3) is 0 Å². The Labute approximate surface area is 195 Å². The molecule has 5 nitrogen and oxygen atoms in total. The van der Waals surface area contributed by atoms with Crippen molar-refractivity contribution in [3.8, 4) is 5.75 Å². The van der Waals surface area contributed by atoms with Crippen LogP contribution in [0.4, 0.5) is 10.1 Å². The lowest BCUT2D eigenvalue weighted by atomic mass is 10.1. The minimum Gasteiger partial charge on any atom is -0.493 e. The molecule has 174 valence electrons. The number of anilines is 1. The number of halogens is 2. The van der Waals surface area contributed by atoms with Gasteiger partial charge in [-0.2, -0.15) is 0 Å². The lowest BCUT2D eigenvalue weighted by Gasteiger charge is -2.35. The van der Waals surface area contributed by atoms with Gasteiger partial charge in [-0.25, -0.2) is 12.8 Å². The lowest BCUT2D eigenvalue weighted by Crippen LogP contribution is -2.46. The summed E-state index contributed by atoms with van der Waals surface area (Å²) in [5.41, 5.74) is 0.974. The van der Waals surface area contributed by atoms with E-state index in [1.807, 2.05) is 6.07 Å². The zero-order valence-electron chi connectivity index (χ0n) is 18.3. The third kappa shape index (κ3) is 5.21. The number of nitrogens with zero attached hydrogens (tertiary/aromatic N) is 2. The summed E-state index contributed by atoms with van der Waals surface area (Å²) in [6.07, 6.45) is 1.92. The Morgan fingerprint density at radius 3 is 2.44 bits per heavy atom. The van der Waals surface area contributed by atoms with Gasteiger partial charge in [0, 0.05) is 31.9 Å². The summed E-state index contributed by atoms with van der Waals surface area (Å²) >= 11 is 6.49. The van der Waals surface area contributed by atoms with Crippen molar-refractivity contribution >= 4 is 27.1 Å². The molecule has 8 heteroatoms. The van der Waals surface area contributed by atoms with Crippen LogP contribution in [-0.4, -0.2) is 57.9 Å². The molecule has 1 aliphatic carbocycles. The third-order valence-corrected chi connectivity index (χ3v) is 9.34. The average Bonchev–Trinajstić information content (AvgIpc) is 3.28. The number of benzene rings is 2. The third-order valence-electron chi connectivity index (χ3n) is 6.64. The molecule has 2 aromatic rings. The van der Waals surface area contributed by atoms with Gasteiger partial charge in [-0.05, 0) is 74.2 Å². The molecule has 0 radical (unpaired) electrons. The Morgan fingerprint density at radius 1 is 1.06 bits per heavy atom. The SMILES string of the molecule is CCN1CCN(c2ccc(S(=O)(=O)[C@H]3CC[C@@H](COc4ccc(F)cc4)C3)c(Cl)c2)CC1. The van der Waals surface area contributed by atoms with Gasteiger partial charge >= 0.3 is 0 Å². The predicted octanol–water partition coefficient (Wildman–Crippen LogP) is 4.64. The number of hydrogen-bond donors (Lipinski definition) is 0. The second-order valence-corrected chi connectivity index (χ2v) is 11.3. The second-order valence-electron chi connectivity index (χ2n) is 8.65. The van der Waals surface area contributed by atoms with Crippen LogP contribution in [0.1, 0.15) is 26.2 Å². The quantitative estimate of drug-likeness (QED) is 0.577. The van der Waals surface area contributed by atoms with Gasteiger partial charge in [-0.1, -0.05) is 18.5 Å². The van der Waals surface area contributed by atoms with Crippen LogP contribution in [0.3, 0.4) is 0 Å². The Kier molecular flexibility index (Phi) is 7.27. The Balaban J connectivity index is 1.38. The first-order valence-electron chi connectivity index (χ1n) is 11.3. The predicted molar refractivity (Wildman–Crippen MR) is 126 cm³/mol. The molecule has 4 rings (SSSR count). The second kappa shape index (κ2) is 9.98. The van der Waals surface area contributed by atoms with Crippen LogP contribution in [0.2, 0.25) is 5.02 Å². The van der Waals surface area contributed by atoms with E-state index in [1.54, 1.807) is 24.3 Å². The van der Waals surface area contributed by atoms with Crippen LogP contribution in [0, 0.1) is 11.7 Å². The molecular weight excluding hydrogens is 451 g/mol. The van der Waals surface area contributed by atoms with Gasteiger partial charge in [0.2, 0.25) is 0 Å². The van der Waals surface area contributed by atoms with Gasteiger partial charge in [0.1, 0.15) is 11.6 Å². The molecular formula is C24H30ClFN2O3S. The maximum absolute atomic E-state index is 13.3. The number of rotatable bonds is 7. The first-order chi connectivity index (χ1) is 15.4. The van der Waals surface area contributed by atoms with Crippen molar-refractivity contribution in [2.75, 3.05) is 44.2 Å². The molecule has 0 N–H and O–H groups in total. The molecule has 2 aliphatic rings. The smallest absolute Gasteiger partial charge is 0.182 e. The maximum Gasteiger partial charge on any atom is 0.182 e. The van der Waals surface area contributed by atoms with Gasteiger partial charge in [-0.3, -0.25) is 0 Å². The summed E-state index contributed by atoms with van der Waals surface area (Å²) in [6, 6.07) is 11.2. The molecule has 0 unspecified atom stereocenters. The van der Waals surface area contributed by atoms with Gasteiger partial charge in [0.05, 0.1) is 21.8 Å². The topological polar surface area (TPSA) is 49.9 Å². The van der Waals surface area contributed by atoms with E-state index in [1.165, 1.54) is 12.1 Å². The summed E-state index contributed by atoms with van der Waals surface area (Å²) in [4.78, 5) is 4.88. The van der Waals surface area contributed by atoms with Crippen LogP contribution in [0.15, 0.2) is 47.4 Å². The highest BCUT2D eigenvalue weighted by Gasteiger charge is 2.36. The van der Waals surface area contributed by atoms with Crippen molar-refractivity contribution < 1.29 is 17.5 Å². The molecule has 1 aliphatic heterocycles. The maximum atomic E-state index is 13.3. The molecule has 1 saturated heterocycles. The monoisotopic (exact) mass is 480 g/mol. The molecule has 2 fully saturated rings. The van der Waals surface area contributed by atoms with E-state index in [0.29, 0.717) is 30.2 Å². The molecule has 1 saturated carbocycles. The minimum atomic E-state index is -3.51. The first-order valence-corrected chi connectivity index (χ1v) is 13.2. The Hall–Kier alpha value is -1.83. The molecule has 2 aromatic carbocycles. The number of piperazine rings is 1. The summed E-state index contributed by atoms with van der Waals surface area (Å²) in [6.45, 7) is 7.45. The van der Waals surface area contributed by atoms with E-state index in [0.717, 1.165) is 44.8 Å². The van der Waals surface area contributed by atoms with Crippen LogP contribution >= 0.6 is 11.6 Å². The molecule has 32 heavy (non-hydrogen) atoms. The minimum absolute atomic E-state index is 0.146. The summed E-state index contributed by atoms with van der Waals surface area (Å²) in [5, 5.41) is -0.160. The van der Waals surface area contributed by atoms with Gasteiger partial charge in [0.15, 0.2) is 9.84 Å². The van der Waals surface area contributed by atoms with Crippen molar-refractivity contribution in [2.45, 2.75) is 36.3 Å². The number of sulfone groups is 1. The summed E-state index contributed by atoms with van der Waals surface area (Å²) in [5.74, 6) is 0.430. The average molecular weight is 481 g/mol. The van der Waals surface area contributed by atoms with Crippen molar-refractivity contribution in [3.63, 3.8) is 0 Å². The van der Waals surface area contributed by atoms with Gasteiger partial charge in [0.25, 0.3) is 0 Å². The van der Waals surface area contributed by atoms with Crippen molar-refractivity contribution in [2.24, 2.45) is 5.92 Å². The fraction of sp³-hybridized carbons (Fsp3) is 0.500. The summed E-state index contributed by atoms with van der Waals surface area (Å²) in [7, 11) is -3.51. The van der Waals surface area contributed by atoms with E-state index in [2.05, 4.69) is 16.7 Å². The van der Waals surface area contributed by atoms with Crippen LogP contribution in [-0.2, 0) is 9.84 Å². The van der Waals surface area contributed by atoms with E-state index in [-0.39, 0.29) is 16.6 Å². The first kappa shape index (κ1) is 23.3. The van der Waals surface area contributed by atoms with E-state index in [4.69, 9.17) is 16.3 Å². The largest absolute Gasteiger partial charge is 0.493 e. The van der Waals surface area contributed by atoms with Crippen LogP contribution in [0.5, 0.6) is 5.75 Å². The van der Waals surface area contributed by atoms with Gasteiger partial charge in [-0.15, -0.1) is 0 Å². The van der Waals surface area contributed by atoms with E-state index < -0.39 is 15.1 Å². The number of hydrogen-bond acceptors (Lipinski definition) is 5. The normalized spacial score (nSPS) is 22.3. The van der Waals surface area contributed by atoms with E-state index >= 15 is 0 Å². The lowest BCUT2D eigenvalue weighted by molar-refractivity contribution is 0.252. The molecule has 0 bridgehead atoms. The summed E-state index contributed by atoms with van der Waals surface area (Å²) < 4.78 is 45.4. The highest BCUT2D eigenvalue weighted by Crippen LogP contribution is 2.37. The van der Waals surface area contributed by atoms with E-state index in [9.17, 15) is 12.8 Å². The zero-order valence-corrected chi connectivity index (χ0v) is 19.9. The van der Waals surface area contributed by atoms with Crippen molar-refractivity contribution in [3.05, 3.63) is 53.3 Å². The fourth-order valence-electron chi connectivity index (χ4n) is 4.63. The molecule has 2 atom stereocenters. The Morgan fingerprint density at radius 2 is 1.78 bits per heavy atom. The molecule has 1 heterocycles. The van der Waals surface area contributed by atoms with Gasteiger partial charge < -0.3 is 14.5 Å². The highest BCUT2D eigenvalue weighted by atomic mass is 35.5. The fourth-order valence-corrected chi connectivity index (χ4v) is 7.04. The number of likely N-dealkylation sites (N-methyl/N-ethyl adjacent to an activating group) is 1. The number of ether oxygens (including phenoxy) is 1. The zero-order chi connectivity index (χ0) is 22.7. The standard InChI is InChI=1S/C24H30ClFN2O3S/c1-2-27-11-13-28(14-12-27)20-6-10-24(23(25)16-20)32(29,30)22-9-3-18(15-22)17-31-21-7-4-19(26)5-8-21/h4-8,10,16,18,22H,2-3,9,11-15,17H2,1H3/t18-,22+/m1/s1. The van der Waals surface area contributed by atoms with Crippen molar-refractivity contribution in [1.29, 1.82) is 0 Å². The molecule has 0 aromatic heterocycles. The molecule has 0 amide bonds. The molecule has 0 spiro atoms. The van der Waals surface area contributed by atoms with Crippen molar-refractivity contribution in [1.82, 2.24) is 4.90 Å². The highest BCUT2D eigenvalue weighted by molar-refractivity contribution is 7.92. The van der Waals surface area contributed by atoms with Crippen LogP contribution < -0.4 is 9.64 Å². The Bertz CT molecular complexity index is 1020.